The summed E-state index contributed by atoms with van der Waals surface area (Å²) in [6.07, 6.45) is 4.06. The number of anilines is 1. The molecule has 3 aliphatic heterocycles. The number of H-pyrrole nitrogens is 1. The van der Waals surface area contributed by atoms with E-state index in [9.17, 15) is 19.7 Å². The third kappa shape index (κ3) is 4.06. The van der Waals surface area contributed by atoms with Gasteiger partial charge in [0, 0.05) is 71.2 Å². The van der Waals surface area contributed by atoms with E-state index in [4.69, 9.17) is 4.74 Å². The molecule has 2 N–H and O–H groups in total. The van der Waals surface area contributed by atoms with Crippen molar-refractivity contribution in [3.8, 4) is 5.75 Å². The summed E-state index contributed by atoms with van der Waals surface area (Å²) in [5, 5.41) is 16.2. The molecule has 220 valence electrons. The Hall–Kier alpha value is -4.60. The van der Waals surface area contributed by atoms with Crippen LogP contribution in [0.5, 0.6) is 5.75 Å². The highest BCUT2D eigenvalue weighted by Crippen LogP contribution is 2.48. The van der Waals surface area contributed by atoms with E-state index < -0.39 is 5.92 Å². The number of amides is 1. The van der Waals surface area contributed by atoms with Gasteiger partial charge in [-0.3, -0.25) is 19.7 Å². The lowest BCUT2D eigenvalue weighted by atomic mass is 9.70. The number of non-ortho nitro benzene ring substituents is 1. The van der Waals surface area contributed by atoms with Crippen molar-refractivity contribution in [3.05, 3.63) is 97.6 Å². The van der Waals surface area contributed by atoms with Gasteiger partial charge in [0.15, 0.2) is 0 Å². The van der Waals surface area contributed by atoms with Gasteiger partial charge in [-0.2, -0.15) is 0 Å². The Morgan fingerprint density at radius 3 is 2.86 bits per heavy atom. The summed E-state index contributed by atoms with van der Waals surface area (Å²) in [5.41, 5.74) is 6.16. The molecule has 4 aromatic rings. The molecule has 2 aromatic carbocycles. The molecule has 1 amide bonds. The number of hydrogen-bond acceptors (Lipinski definition) is 6. The van der Waals surface area contributed by atoms with E-state index in [1.807, 2.05) is 34.9 Å². The van der Waals surface area contributed by atoms with Crippen LogP contribution in [0.15, 0.2) is 59.4 Å². The number of ether oxygens (including phenoxy) is 1. The Morgan fingerprint density at radius 1 is 1.14 bits per heavy atom. The van der Waals surface area contributed by atoms with Crippen molar-refractivity contribution in [1.82, 2.24) is 14.9 Å². The number of aryl methyl sites for hydroxylation is 1. The highest BCUT2D eigenvalue weighted by Gasteiger charge is 2.49. The third-order valence-corrected chi connectivity index (χ3v) is 10.3. The first-order valence-electron chi connectivity index (χ1n) is 15.1. The molecule has 4 aliphatic rings. The number of nitrogens with zero attached hydrogens (tertiary/aromatic N) is 3. The molecule has 1 aliphatic carbocycles. The third-order valence-electron chi connectivity index (χ3n) is 10.3. The van der Waals surface area contributed by atoms with E-state index in [0.29, 0.717) is 19.5 Å². The number of carbonyl (C=O) groups excluding carboxylic acids is 1. The maximum absolute atomic E-state index is 14.4. The van der Waals surface area contributed by atoms with E-state index in [-0.39, 0.29) is 46.0 Å². The maximum Gasteiger partial charge on any atom is 0.269 e. The number of nitro benzene ring substituents is 1. The molecule has 3 unspecified atom stereocenters. The van der Waals surface area contributed by atoms with Gasteiger partial charge in [-0.15, -0.1) is 0 Å². The standard InChI is InChI=1S/C33H33N5O5/c1-43-22-9-10-26-24(15-22)23-4-2-5-27(31(23)34-26)35-33(40)25-14-18-13-21(38(41)42)8-11-29(18)37-16-19-12-20(32(25)37)17-36-28(19)6-3-7-30(36)39/h3,6-11,13,15,19-20,25,27,32,34H,2,4-5,12,14,16-17H2,1H3,(H,35,40)/t19?,20?,25-,27?,32+/m1/s1. The molecular formula is C33H33N5O5. The lowest BCUT2D eigenvalue weighted by molar-refractivity contribution is -0.384. The first-order chi connectivity index (χ1) is 20.9. The van der Waals surface area contributed by atoms with Gasteiger partial charge in [-0.05, 0) is 79.5 Å². The Morgan fingerprint density at radius 2 is 2.02 bits per heavy atom. The Balaban J connectivity index is 1.17. The van der Waals surface area contributed by atoms with E-state index in [0.717, 1.165) is 65.0 Å². The van der Waals surface area contributed by atoms with Crippen molar-refractivity contribution in [2.45, 2.75) is 56.7 Å². The maximum atomic E-state index is 14.4. The predicted octanol–water partition coefficient (Wildman–Crippen LogP) is 4.60. The topological polar surface area (TPSA) is 122 Å². The Bertz CT molecular complexity index is 1860. The SMILES string of the molecule is COc1ccc2[nH]c3c(c2c1)CCCC3NC(=O)[C@@H]1Cc2cc([N+](=O)[O-])ccc2N2CC3CC(Cn4c3cccc4=O)[C@@H]12. The number of nitrogens with one attached hydrogen (secondary N) is 2. The quantitative estimate of drug-likeness (QED) is 0.269. The van der Waals surface area contributed by atoms with Gasteiger partial charge in [-0.1, -0.05) is 6.07 Å². The number of rotatable bonds is 4. The molecule has 1 fully saturated rings. The van der Waals surface area contributed by atoms with Crippen LogP contribution in [0.1, 0.15) is 53.7 Å². The number of piperidine rings is 1. The fourth-order valence-corrected chi connectivity index (χ4v) is 8.44. The minimum Gasteiger partial charge on any atom is -0.497 e. The number of carbonyl (C=O) groups is 1. The van der Waals surface area contributed by atoms with E-state index in [2.05, 4.69) is 21.3 Å². The zero-order valence-electron chi connectivity index (χ0n) is 23.9. The summed E-state index contributed by atoms with van der Waals surface area (Å²) >= 11 is 0. The van der Waals surface area contributed by atoms with Crippen LogP contribution in [-0.4, -0.2) is 40.1 Å². The number of nitro groups is 1. The van der Waals surface area contributed by atoms with Crippen molar-refractivity contribution in [2.24, 2.45) is 11.8 Å². The van der Waals surface area contributed by atoms with Crippen LogP contribution in [0.2, 0.25) is 0 Å². The molecule has 0 saturated carbocycles. The summed E-state index contributed by atoms with van der Waals surface area (Å²) in [6, 6.07) is 16.3. The molecule has 8 rings (SSSR count). The average molecular weight is 580 g/mol. The second kappa shape index (κ2) is 9.72. The van der Waals surface area contributed by atoms with Gasteiger partial charge < -0.3 is 24.5 Å². The van der Waals surface area contributed by atoms with Crippen LogP contribution >= 0.6 is 0 Å². The molecule has 2 bridgehead atoms. The molecule has 1 saturated heterocycles. The van der Waals surface area contributed by atoms with Crippen molar-refractivity contribution in [2.75, 3.05) is 18.6 Å². The largest absolute Gasteiger partial charge is 0.497 e. The van der Waals surface area contributed by atoms with Gasteiger partial charge in [-0.25, -0.2) is 0 Å². The van der Waals surface area contributed by atoms with Gasteiger partial charge >= 0.3 is 0 Å². The van der Waals surface area contributed by atoms with Crippen LogP contribution in [0.3, 0.4) is 0 Å². The van der Waals surface area contributed by atoms with Crippen LogP contribution in [0.4, 0.5) is 11.4 Å². The first-order valence-corrected chi connectivity index (χ1v) is 15.1. The number of aromatic amines is 1. The van der Waals surface area contributed by atoms with Gasteiger partial charge in [0.2, 0.25) is 5.91 Å². The van der Waals surface area contributed by atoms with Gasteiger partial charge in [0.25, 0.3) is 11.2 Å². The van der Waals surface area contributed by atoms with Crippen molar-refractivity contribution in [3.63, 3.8) is 0 Å². The minimum absolute atomic E-state index is 0.00124. The lowest BCUT2D eigenvalue weighted by Crippen LogP contribution is -2.61. The van der Waals surface area contributed by atoms with Crippen molar-refractivity contribution >= 4 is 28.2 Å². The highest BCUT2D eigenvalue weighted by molar-refractivity contribution is 5.87. The lowest BCUT2D eigenvalue weighted by Gasteiger charge is -2.54. The van der Waals surface area contributed by atoms with Crippen molar-refractivity contribution in [1.29, 1.82) is 0 Å². The molecular weight excluding hydrogens is 546 g/mol. The van der Waals surface area contributed by atoms with Crippen molar-refractivity contribution < 1.29 is 14.5 Å². The summed E-state index contributed by atoms with van der Waals surface area (Å²) in [5.74, 6) is 0.618. The van der Waals surface area contributed by atoms with E-state index in [1.165, 1.54) is 5.56 Å². The fourth-order valence-electron chi connectivity index (χ4n) is 8.44. The average Bonchev–Trinajstić information content (AvgIpc) is 3.39. The zero-order valence-corrected chi connectivity index (χ0v) is 23.9. The molecule has 2 aromatic heterocycles. The van der Waals surface area contributed by atoms with Crippen LogP contribution in [0.25, 0.3) is 10.9 Å². The monoisotopic (exact) mass is 579 g/mol. The second-order valence-electron chi connectivity index (χ2n) is 12.5. The molecule has 10 nitrogen and oxygen atoms in total. The smallest absolute Gasteiger partial charge is 0.269 e. The highest BCUT2D eigenvalue weighted by atomic mass is 16.6. The summed E-state index contributed by atoms with van der Waals surface area (Å²) in [7, 11) is 1.66. The van der Waals surface area contributed by atoms with E-state index in [1.54, 1.807) is 25.3 Å². The number of fused-ring (bicyclic) bond motifs is 11. The minimum atomic E-state index is -0.406. The molecule has 5 atom stereocenters. The Labute approximate surface area is 247 Å². The molecule has 5 heterocycles. The molecule has 0 spiro atoms. The van der Waals surface area contributed by atoms with Crippen LogP contribution in [-0.2, 0) is 24.2 Å². The normalized spacial score (nSPS) is 25.2. The summed E-state index contributed by atoms with van der Waals surface area (Å²) in [6.45, 7) is 1.23. The first kappa shape index (κ1) is 26.1. The summed E-state index contributed by atoms with van der Waals surface area (Å²) < 4.78 is 7.36. The number of methoxy groups -OCH3 is 1. The number of hydrogen-bond donors (Lipinski definition) is 2. The van der Waals surface area contributed by atoms with E-state index >= 15 is 0 Å². The number of pyridine rings is 1. The van der Waals surface area contributed by atoms with Crippen LogP contribution < -0.4 is 20.5 Å². The number of aromatic nitrogens is 2. The zero-order chi connectivity index (χ0) is 29.4. The Kier molecular flexibility index (Phi) is 5.89. The van der Waals surface area contributed by atoms with Crippen LogP contribution in [0, 0.1) is 22.0 Å². The summed E-state index contributed by atoms with van der Waals surface area (Å²) in [4.78, 5) is 44.4. The molecule has 0 radical (unpaired) electrons. The molecule has 43 heavy (non-hydrogen) atoms. The predicted molar refractivity (Wildman–Crippen MR) is 162 cm³/mol. The fraction of sp³-hybridized carbons (Fsp3) is 0.394. The second-order valence-corrected chi connectivity index (χ2v) is 12.5. The number of benzene rings is 2. The van der Waals surface area contributed by atoms with Gasteiger partial charge in [0.05, 0.1) is 24.0 Å². The van der Waals surface area contributed by atoms with Gasteiger partial charge in [0.1, 0.15) is 5.75 Å². The molecule has 10 heteroatoms.